The summed E-state index contributed by atoms with van der Waals surface area (Å²) in [6, 6.07) is 0. The monoisotopic (exact) mass is 758 g/mol. The fourth-order valence-corrected chi connectivity index (χ4v) is 170. The van der Waals surface area contributed by atoms with Crippen LogP contribution in [-0.2, 0) is 0 Å². The van der Waals surface area contributed by atoms with Gasteiger partial charge in [-0.2, -0.15) is 0 Å². The molecule has 1 atom stereocenters. The minimum Gasteiger partial charge on any atom is -0.0703 e. The second kappa shape index (κ2) is 13.6. The Hall–Kier alpha value is 1.84. The Labute approximate surface area is 291 Å². The van der Waals surface area contributed by atoms with Crippen LogP contribution in [0.15, 0.2) is 0 Å². The first-order chi connectivity index (χ1) is 17.9. The van der Waals surface area contributed by atoms with Gasteiger partial charge in [-0.25, -0.2) is 0 Å². The van der Waals surface area contributed by atoms with Crippen LogP contribution in [0.1, 0.15) is 166 Å². The molecule has 0 aromatic carbocycles. The molecule has 0 N–H and O–H groups in total. The summed E-state index contributed by atoms with van der Waals surface area (Å²) in [5.41, 5.74) is 0. The fourth-order valence-electron chi connectivity index (χ4n) is 9.38. The first-order valence-electron chi connectivity index (χ1n) is 17.2. The fraction of sp³-hybridized carbons (Fsp3) is 1.00. The summed E-state index contributed by atoms with van der Waals surface area (Å²) in [5, 5.41) is 3.61. The van der Waals surface area contributed by atoms with Crippen molar-refractivity contribution in [3.8, 4) is 0 Å². The van der Waals surface area contributed by atoms with Gasteiger partial charge in [-0.1, -0.05) is 48.1 Å². The van der Waals surface area contributed by atoms with Crippen molar-refractivity contribution >= 4 is 60.2 Å². The van der Waals surface area contributed by atoms with Gasteiger partial charge in [-0.05, 0) is 10.1 Å². The van der Waals surface area contributed by atoms with Crippen LogP contribution in [0.4, 0.5) is 0 Å². The topological polar surface area (TPSA) is 0 Å². The summed E-state index contributed by atoms with van der Waals surface area (Å²) in [4.78, 5) is 0. The smallest absolute Gasteiger partial charge is 0.0561 e. The third-order valence-corrected chi connectivity index (χ3v) is 125. The maximum absolute atomic E-state index is 3.04. The van der Waals surface area contributed by atoms with Crippen LogP contribution in [-0.4, -0.2) is 60.2 Å². The standard InChI is InChI=1S/C27H63GeSi5.C9H21Si/c1-22(2,3)29(23(4,5)6)33(21,32(20,26(13,14)15)27(16,17)18)30(28)31(19,24(7,8)9)25(10,11)12;1-8(2,3)10(7)9(4,5)6/h1-21H3;1-7H3. The van der Waals surface area contributed by atoms with Crippen LogP contribution < -0.4 is 0 Å². The summed E-state index contributed by atoms with van der Waals surface area (Å²) in [7, 11) is -4.29. The van der Waals surface area contributed by atoms with Crippen molar-refractivity contribution < 1.29 is 0 Å². The molecule has 0 bridgehead atoms. The van der Waals surface area contributed by atoms with E-state index in [2.05, 4.69) is 208 Å². The van der Waals surface area contributed by atoms with Gasteiger partial charge >= 0.3 is 226 Å². The van der Waals surface area contributed by atoms with E-state index < -0.39 is 36.0 Å². The summed E-state index contributed by atoms with van der Waals surface area (Å²) in [6.07, 6.45) is 0. The van der Waals surface area contributed by atoms with Gasteiger partial charge in [0.05, 0.1) is 8.80 Å². The first kappa shape index (κ1) is 47.0. The molecule has 256 valence electrons. The average molecular weight is 758 g/mol. The molecular weight excluding hydrogens is 674 g/mol. The van der Waals surface area contributed by atoms with E-state index in [1.54, 1.807) is 0 Å². The van der Waals surface area contributed by atoms with Crippen LogP contribution in [0.5, 0.6) is 0 Å². The van der Waals surface area contributed by atoms with Crippen molar-refractivity contribution in [1.29, 1.82) is 0 Å². The van der Waals surface area contributed by atoms with Crippen LogP contribution in [0, 0.1) is 0 Å². The van der Waals surface area contributed by atoms with E-state index in [-0.39, 0.29) is 8.80 Å². The zero-order chi connectivity index (χ0) is 36.2. The first-order valence-corrected chi connectivity index (χ1v) is 36.9. The van der Waals surface area contributed by atoms with Crippen molar-refractivity contribution in [1.82, 2.24) is 0 Å². The minimum atomic E-state index is -1.76. The van der Waals surface area contributed by atoms with E-state index in [9.17, 15) is 0 Å². The van der Waals surface area contributed by atoms with Gasteiger partial charge in [-0.15, -0.1) is 0 Å². The molecule has 0 aliphatic carbocycles. The normalized spacial score (nSPS) is 17.1. The predicted molar refractivity (Wildman–Crippen MR) is 221 cm³/mol. The second-order valence-corrected chi connectivity index (χ2v) is 79.2. The Bertz CT molecular complexity index is 872. The minimum absolute atomic E-state index is 0.221. The molecule has 0 aliphatic heterocycles. The molecule has 4 radical (unpaired) electrons. The summed E-state index contributed by atoms with van der Waals surface area (Å²) >= 11 is 2.92. The van der Waals surface area contributed by atoms with Crippen molar-refractivity contribution in [2.24, 2.45) is 0 Å². The van der Waals surface area contributed by atoms with Gasteiger partial charge in [0.25, 0.3) is 0 Å². The summed E-state index contributed by atoms with van der Waals surface area (Å²) < 4.78 is 0. The van der Waals surface area contributed by atoms with E-state index in [1.807, 2.05) is 0 Å². The molecule has 0 aromatic heterocycles. The third-order valence-electron chi connectivity index (χ3n) is 12.2. The van der Waals surface area contributed by atoms with E-state index >= 15 is 0 Å². The van der Waals surface area contributed by atoms with Crippen LogP contribution >= 0.6 is 0 Å². The Balaban J connectivity index is 0. The molecule has 1 unspecified atom stereocenters. The number of hydrogen-bond donors (Lipinski definition) is 0. The molecule has 0 amide bonds. The van der Waals surface area contributed by atoms with Crippen molar-refractivity contribution in [3.05, 3.63) is 0 Å². The maximum atomic E-state index is 3.04. The Kier molecular flexibility index (Phi) is 14.9. The number of rotatable bonds is 4. The Morgan fingerprint density at radius 3 is 0.744 bits per heavy atom. The quantitative estimate of drug-likeness (QED) is 0.251. The number of hydrogen-bond acceptors (Lipinski definition) is 0. The third kappa shape index (κ3) is 9.73. The molecule has 0 nitrogen and oxygen atoms in total. The van der Waals surface area contributed by atoms with Gasteiger partial charge < -0.3 is 0 Å². The molecule has 43 heavy (non-hydrogen) atoms. The molecule has 0 fully saturated rings. The van der Waals surface area contributed by atoms with E-state index in [4.69, 9.17) is 0 Å². The van der Waals surface area contributed by atoms with E-state index in [1.165, 1.54) is 0 Å². The van der Waals surface area contributed by atoms with E-state index in [0.717, 1.165) is 0 Å². The van der Waals surface area contributed by atoms with Gasteiger partial charge in [-0.3, -0.25) is 0 Å². The summed E-state index contributed by atoms with van der Waals surface area (Å²) in [5.74, 6) is -0.578. The van der Waals surface area contributed by atoms with Crippen LogP contribution in [0.2, 0.25) is 66.5 Å². The molecule has 0 saturated carbocycles. The predicted octanol–water partition coefficient (Wildman–Crippen LogP) is 13.7. The van der Waals surface area contributed by atoms with E-state index in [0.29, 0.717) is 40.3 Å². The van der Waals surface area contributed by atoms with Crippen molar-refractivity contribution in [2.75, 3.05) is 0 Å². The molecule has 0 saturated heterocycles. The van der Waals surface area contributed by atoms with Crippen molar-refractivity contribution in [2.45, 2.75) is 233 Å². The van der Waals surface area contributed by atoms with Gasteiger partial charge in [0.15, 0.2) is 0 Å². The Morgan fingerprint density at radius 1 is 0.395 bits per heavy atom. The Morgan fingerprint density at radius 2 is 0.628 bits per heavy atom. The molecular formula is C36H84GeSi6. The van der Waals surface area contributed by atoms with Gasteiger partial charge in [0, 0.05) is 0 Å². The van der Waals surface area contributed by atoms with Gasteiger partial charge in [0.1, 0.15) is 0 Å². The largest absolute Gasteiger partial charge is 0.0703 e. The maximum Gasteiger partial charge on any atom is 0.0561 e. The van der Waals surface area contributed by atoms with Crippen LogP contribution in [0.3, 0.4) is 0 Å². The van der Waals surface area contributed by atoms with Crippen LogP contribution in [0.25, 0.3) is 0 Å². The average Bonchev–Trinajstić information content (AvgIpc) is 2.64. The molecule has 7 heteroatoms. The van der Waals surface area contributed by atoms with Crippen molar-refractivity contribution in [3.63, 3.8) is 0 Å². The second-order valence-electron chi connectivity index (χ2n) is 22.8. The molecule has 0 aromatic rings. The molecule has 0 rings (SSSR count). The molecule has 0 aliphatic rings. The van der Waals surface area contributed by atoms with Gasteiger partial charge in [0.2, 0.25) is 0 Å². The molecule has 0 heterocycles. The molecule has 0 spiro atoms. The summed E-state index contributed by atoms with van der Waals surface area (Å²) in [6.45, 7) is 71.2. The zero-order valence-corrected chi connectivity index (χ0v) is 43.6. The SMILES string of the molecule is CC(C)(C)[Si](C(C)(C)C)[Si](C)([Si](=[Ge])[Si](C)(C(C)(C)C)C(C)(C)C)[Si](C)(C(C)(C)C)C(C)(C)C.C[Si](C(C)(C)C)C(C)(C)C. The zero-order valence-electron chi connectivity index (χ0n) is 35.5.